The Balaban J connectivity index is 2.71. The van der Waals surface area contributed by atoms with Gasteiger partial charge in [-0.05, 0) is 12.2 Å². The van der Waals surface area contributed by atoms with Crippen LogP contribution in [0, 0.1) is 0 Å². The van der Waals surface area contributed by atoms with Crippen LogP contribution in [0.5, 0.6) is 11.6 Å². The van der Waals surface area contributed by atoms with Crippen LogP contribution in [0.3, 0.4) is 0 Å². The molecule has 0 bridgehead atoms. The van der Waals surface area contributed by atoms with Gasteiger partial charge in [0.1, 0.15) is 11.4 Å². The van der Waals surface area contributed by atoms with Gasteiger partial charge in [0.25, 0.3) is 0 Å². The average Bonchev–Trinajstić information content (AvgIpc) is 2.32. The molecule has 0 fully saturated rings. The van der Waals surface area contributed by atoms with Crippen molar-refractivity contribution >= 4 is 11.6 Å². The van der Waals surface area contributed by atoms with Crippen molar-refractivity contribution in [3.63, 3.8) is 0 Å². The molecule has 0 radical (unpaired) electrons. The van der Waals surface area contributed by atoms with Gasteiger partial charge in [-0.15, -0.1) is 0 Å². The summed E-state index contributed by atoms with van der Waals surface area (Å²) in [5, 5.41) is 0. The molecule has 0 aromatic carbocycles. The van der Waals surface area contributed by atoms with Gasteiger partial charge in [0.2, 0.25) is 11.7 Å². The van der Waals surface area contributed by atoms with E-state index in [9.17, 15) is 9.59 Å². The summed E-state index contributed by atoms with van der Waals surface area (Å²) in [7, 11) is 2.85. The maximum absolute atomic E-state index is 11.6. The number of methoxy groups -OCH3 is 2. The van der Waals surface area contributed by atoms with E-state index in [-0.39, 0.29) is 28.7 Å². The van der Waals surface area contributed by atoms with Crippen molar-refractivity contribution in [2.45, 2.75) is 0 Å². The van der Waals surface area contributed by atoms with Crippen LogP contribution in [0.25, 0.3) is 0 Å². The molecule has 1 aromatic heterocycles. The van der Waals surface area contributed by atoms with Gasteiger partial charge in [0, 0.05) is 6.07 Å². The molecule has 82 valence electrons. The molecular formula is C11H9NO4. The van der Waals surface area contributed by atoms with Crippen molar-refractivity contribution in [2.75, 3.05) is 14.2 Å². The zero-order valence-corrected chi connectivity index (χ0v) is 8.81. The molecule has 1 aliphatic carbocycles. The third-order valence-corrected chi connectivity index (χ3v) is 2.25. The van der Waals surface area contributed by atoms with E-state index in [2.05, 4.69) is 4.98 Å². The first kappa shape index (κ1) is 10.4. The van der Waals surface area contributed by atoms with Crippen molar-refractivity contribution < 1.29 is 19.1 Å². The van der Waals surface area contributed by atoms with Crippen LogP contribution in [0.1, 0.15) is 20.8 Å². The standard InChI is InChI=1S/C11H9NO4/c1-15-8-5-9(16-2)12-11-7(14)4-3-6(13)10(8)11/h3-5H,1-2H3. The normalized spacial score (nSPS) is 13.6. The lowest BCUT2D eigenvalue weighted by Crippen LogP contribution is -2.15. The molecule has 0 aliphatic heterocycles. The Bertz CT molecular complexity index is 505. The Morgan fingerprint density at radius 1 is 1.06 bits per heavy atom. The van der Waals surface area contributed by atoms with Gasteiger partial charge in [-0.25, -0.2) is 4.98 Å². The molecular weight excluding hydrogens is 210 g/mol. The number of ether oxygens (including phenoxy) is 2. The highest BCUT2D eigenvalue weighted by molar-refractivity contribution is 6.22. The topological polar surface area (TPSA) is 65.5 Å². The van der Waals surface area contributed by atoms with Crippen LogP contribution in [0.4, 0.5) is 0 Å². The number of nitrogens with zero attached hydrogens (tertiary/aromatic N) is 1. The maximum Gasteiger partial charge on any atom is 0.217 e. The van der Waals surface area contributed by atoms with E-state index in [1.54, 1.807) is 0 Å². The second kappa shape index (κ2) is 3.77. The van der Waals surface area contributed by atoms with E-state index in [1.165, 1.54) is 32.4 Å². The molecule has 0 saturated heterocycles. The largest absolute Gasteiger partial charge is 0.496 e. The summed E-state index contributed by atoms with van der Waals surface area (Å²) in [5.74, 6) is -0.0787. The highest BCUT2D eigenvalue weighted by Gasteiger charge is 2.26. The van der Waals surface area contributed by atoms with Gasteiger partial charge in [0.05, 0.1) is 19.8 Å². The fraction of sp³-hybridized carbons (Fsp3) is 0.182. The quantitative estimate of drug-likeness (QED) is 0.743. The summed E-state index contributed by atoms with van der Waals surface area (Å²) in [6, 6.07) is 1.48. The van der Waals surface area contributed by atoms with Crippen molar-refractivity contribution in [2.24, 2.45) is 0 Å². The number of hydrogen-bond acceptors (Lipinski definition) is 5. The van der Waals surface area contributed by atoms with Gasteiger partial charge in [-0.2, -0.15) is 0 Å². The lowest BCUT2D eigenvalue weighted by molar-refractivity contribution is 0.0987. The SMILES string of the molecule is COc1cc(OC)c2c(n1)C(=O)C=CC2=O. The molecule has 0 amide bonds. The summed E-state index contributed by atoms with van der Waals surface area (Å²) in [6.45, 7) is 0. The first-order chi connectivity index (χ1) is 7.67. The van der Waals surface area contributed by atoms with E-state index >= 15 is 0 Å². The number of fused-ring (bicyclic) bond motifs is 1. The summed E-state index contributed by atoms with van der Waals surface area (Å²) in [6.07, 6.45) is 2.40. The number of pyridine rings is 1. The number of carbonyl (C=O) groups is 2. The first-order valence-electron chi connectivity index (χ1n) is 4.57. The van der Waals surface area contributed by atoms with Gasteiger partial charge >= 0.3 is 0 Å². The second-order valence-electron chi connectivity index (χ2n) is 3.15. The van der Waals surface area contributed by atoms with E-state index in [4.69, 9.17) is 9.47 Å². The van der Waals surface area contributed by atoms with Gasteiger partial charge in [-0.1, -0.05) is 0 Å². The fourth-order valence-electron chi connectivity index (χ4n) is 1.49. The number of carbonyl (C=O) groups excluding carboxylic acids is 2. The minimum Gasteiger partial charge on any atom is -0.496 e. The molecule has 5 nitrogen and oxygen atoms in total. The molecule has 0 N–H and O–H groups in total. The van der Waals surface area contributed by atoms with Crippen LogP contribution < -0.4 is 9.47 Å². The summed E-state index contributed by atoms with van der Waals surface area (Å²) in [5.41, 5.74) is 0.263. The highest BCUT2D eigenvalue weighted by Crippen LogP contribution is 2.29. The maximum atomic E-state index is 11.6. The van der Waals surface area contributed by atoms with Gasteiger partial charge in [-0.3, -0.25) is 9.59 Å². The molecule has 2 rings (SSSR count). The van der Waals surface area contributed by atoms with Crippen LogP contribution in [-0.2, 0) is 0 Å². The van der Waals surface area contributed by atoms with Crippen molar-refractivity contribution in [3.05, 3.63) is 29.5 Å². The summed E-state index contributed by atoms with van der Waals surface area (Å²) >= 11 is 0. The number of rotatable bonds is 2. The Labute approximate surface area is 91.7 Å². The Hall–Kier alpha value is -2.17. The van der Waals surface area contributed by atoms with Crippen LogP contribution in [-0.4, -0.2) is 30.8 Å². The Morgan fingerprint density at radius 3 is 2.38 bits per heavy atom. The molecule has 0 spiro atoms. The van der Waals surface area contributed by atoms with E-state index in [0.717, 1.165) is 0 Å². The minimum atomic E-state index is -0.327. The zero-order chi connectivity index (χ0) is 11.7. The molecule has 0 atom stereocenters. The molecule has 1 aliphatic rings. The monoisotopic (exact) mass is 219 g/mol. The lowest BCUT2D eigenvalue weighted by Gasteiger charge is -2.13. The van der Waals surface area contributed by atoms with E-state index < -0.39 is 0 Å². The minimum absolute atomic E-state index is 0.0729. The fourth-order valence-corrected chi connectivity index (χ4v) is 1.49. The second-order valence-corrected chi connectivity index (χ2v) is 3.15. The van der Waals surface area contributed by atoms with Gasteiger partial charge < -0.3 is 9.47 Å². The Morgan fingerprint density at radius 2 is 1.75 bits per heavy atom. The molecule has 1 heterocycles. The predicted molar refractivity (Wildman–Crippen MR) is 55.1 cm³/mol. The highest BCUT2D eigenvalue weighted by atomic mass is 16.5. The number of aromatic nitrogens is 1. The number of allylic oxidation sites excluding steroid dienone is 2. The summed E-state index contributed by atoms with van der Waals surface area (Å²) < 4.78 is 9.97. The van der Waals surface area contributed by atoms with Crippen LogP contribution >= 0.6 is 0 Å². The first-order valence-corrected chi connectivity index (χ1v) is 4.57. The van der Waals surface area contributed by atoms with E-state index in [0.29, 0.717) is 5.75 Å². The van der Waals surface area contributed by atoms with E-state index in [1.807, 2.05) is 0 Å². The molecule has 16 heavy (non-hydrogen) atoms. The smallest absolute Gasteiger partial charge is 0.217 e. The van der Waals surface area contributed by atoms with Crippen molar-refractivity contribution in [1.29, 1.82) is 0 Å². The summed E-state index contributed by atoms with van der Waals surface area (Å²) in [4.78, 5) is 27.1. The average molecular weight is 219 g/mol. The number of ketones is 2. The third-order valence-electron chi connectivity index (χ3n) is 2.25. The molecule has 1 aromatic rings. The van der Waals surface area contributed by atoms with Gasteiger partial charge in [0.15, 0.2) is 5.78 Å². The Kier molecular flexibility index (Phi) is 2.44. The van der Waals surface area contributed by atoms with Crippen LogP contribution in [0.2, 0.25) is 0 Å². The lowest BCUT2D eigenvalue weighted by atomic mass is 9.99. The van der Waals surface area contributed by atoms with Crippen LogP contribution in [0.15, 0.2) is 18.2 Å². The molecule has 0 saturated carbocycles. The van der Waals surface area contributed by atoms with Crippen molar-refractivity contribution in [1.82, 2.24) is 4.98 Å². The third kappa shape index (κ3) is 1.46. The zero-order valence-electron chi connectivity index (χ0n) is 8.81. The van der Waals surface area contributed by atoms with Crippen molar-refractivity contribution in [3.8, 4) is 11.6 Å². The predicted octanol–water partition coefficient (Wildman–Crippen LogP) is 1.03. The molecule has 5 heteroatoms. The number of hydrogen-bond donors (Lipinski definition) is 0. The molecule has 0 unspecified atom stereocenters.